The minimum absolute atomic E-state index is 0.482. The van der Waals surface area contributed by atoms with Crippen molar-refractivity contribution >= 4 is 15.9 Å². The molecule has 1 heterocycles. The average Bonchev–Trinajstić information content (AvgIpc) is 2.96. The molecule has 0 aromatic heterocycles. The van der Waals surface area contributed by atoms with Crippen LogP contribution in [0.4, 0.5) is 0 Å². The van der Waals surface area contributed by atoms with E-state index in [1.807, 2.05) is 0 Å². The zero-order valence-corrected chi connectivity index (χ0v) is 14.1. The molecule has 0 amide bonds. The Morgan fingerprint density at radius 1 is 1.35 bits per heavy atom. The number of halogens is 1. The van der Waals surface area contributed by atoms with Crippen LogP contribution in [0, 0.1) is 11.3 Å². The van der Waals surface area contributed by atoms with Gasteiger partial charge in [-0.05, 0) is 60.4 Å². The van der Waals surface area contributed by atoms with Crippen molar-refractivity contribution in [2.45, 2.75) is 39.5 Å². The van der Waals surface area contributed by atoms with Gasteiger partial charge in [-0.25, -0.2) is 0 Å². The molecule has 1 fully saturated rings. The minimum Gasteiger partial charge on any atom is -0.493 e. The summed E-state index contributed by atoms with van der Waals surface area (Å²) in [4.78, 5) is 0. The maximum absolute atomic E-state index is 5.86. The van der Waals surface area contributed by atoms with Gasteiger partial charge >= 0.3 is 0 Å². The molecule has 2 nitrogen and oxygen atoms in total. The lowest BCUT2D eigenvalue weighted by Crippen LogP contribution is -2.28. The van der Waals surface area contributed by atoms with Crippen molar-refractivity contribution in [3.8, 4) is 5.75 Å². The quantitative estimate of drug-likeness (QED) is 0.848. The van der Waals surface area contributed by atoms with Crippen LogP contribution in [0.2, 0.25) is 0 Å². The molecule has 0 bridgehead atoms. The van der Waals surface area contributed by atoms with Crippen LogP contribution < -0.4 is 10.1 Å². The van der Waals surface area contributed by atoms with E-state index in [0.29, 0.717) is 5.41 Å². The van der Waals surface area contributed by atoms with Crippen LogP contribution in [0.5, 0.6) is 5.75 Å². The molecule has 0 saturated heterocycles. The van der Waals surface area contributed by atoms with Crippen LogP contribution in [-0.4, -0.2) is 19.7 Å². The molecule has 3 rings (SSSR count). The predicted molar refractivity (Wildman–Crippen MR) is 86.4 cm³/mol. The van der Waals surface area contributed by atoms with Crippen LogP contribution in [-0.2, 0) is 12.8 Å². The highest BCUT2D eigenvalue weighted by Gasteiger charge is 2.43. The summed E-state index contributed by atoms with van der Waals surface area (Å²) in [6, 6.07) is 4.47. The van der Waals surface area contributed by atoms with E-state index in [2.05, 4.69) is 47.2 Å². The summed E-state index contributed by atoms with van der Waals surface area (Å²) < 4.78 is 7.06. The molecule has 1 N–H and O–H groups in total. The molecular formula is C17H24BrNO. The Morgan fingerprint density at radius 3 is 2.85 bits per heavy atom. The van der Waals surface area contributed by atoms with Crippen LogP contribution in [0.3, 0.4) is 0 Å². The van der Waals surface area contributed by atoms with Crippen molar-refractivity contribution in [3.63, 3.8) is 0 Å². The first-order valence-corrected chi connectivity index (χ1v) is 8.52. The predicted octanol–water partition coefficient (Wildman–Crippen LogP) is 3.95. The van der Waals surface area contributed by atoms with Crippen molar-refractivity contribution in [1.29, 1.82) is 0 Å². The van der Waals surface area contributed by atoms with E-state index in [0.717, 1.165) is 38.5 Å². The molecule has 1 aliphatic heterocycles. The van der Waals surface area contributed by atoms with Gasteiger partial charge in [0, 0.05) is 17.4 Å². The molecule has 1 saturated carbocycles. The third kappa shape index (κ3) is 3.20. The molecule has 1 aromatic carbocycles. The second kappa shape index (κ2) is 5.69. The van der Waals surface area contributed by atoms with E-state index in [9.17, 15) is 0 Å². The van der Waals surface area contributed by atoms with Gasteiger partial charge in [-0.15, -0.1) is 0 Å². The van der Waals surface area contributed by atoms with Crippen LogP contribution in [0.15, 0.2) is 16.6 Å². The van der Waals surface area contributed by atoms with E-state index in [1.165, 1.54) is 34.2 Å². The SMILES string of the molecule is CC(C)CNCC1(Cc2cc(Br)cc3c2OCC3)CC1. The summed E-state index contributed by atoms with van der Waals surface area (Å²) in [6.45, 7) is 7.64. The number of hydrogen-bond donors (Lipinski definition) is 1. The first-order chi connectivity index (χ1) is 9.58. The zero-order valence-electron chi connectivity index (χ0n) is 12.5. The third-order valence-corrected chi connectivity index (χ3v) is 4.86. The van der Waals surface area contributed by atoms with Gasteiger partial charge in [0.05, 0.1) is 6.61 Å². The van der Waals surface area contributed by atoms with Gasteiger partial charge in [-0.3, -0.25) is 0 Å². The summed E-state index contributed by atoms with van der Waals surface area (Å²) in [6.07, 6.45) is 4.90. The van der Waals surface area contributed by atoms with E-state index in [-0.39, 0.29) is 0 Å². The average molecular weight is 338 g/mol. The van der Waals surface area contributed by atoms with E-state index >= 15 is 0 Å². The Kier molecular flexibility index (Phi) is 4.09. The molecule has 0 atom stereocenters. The van der Waals surface area contributed by atoms with E-state index in [4.69, 9.17) is 4.74 Å². The summed E-state index contributed by atoms with van der Waals surface area (Å²) in [5, 5.41) is 3.64. The van der Waals surface area contributed by atoms with Gasteiger partial charge in [0.25, 0.3) is 0 Å². The molecular weight excluding hydrogens is 314 g/mol. The molecule has 1 aliphatic carbocycles. The van der Waals surface area contributed by atoms with Gasteiger partial charge in [-0.1, -0.05) is 29.8 Å². The van der Waals surface area contributed by atoms with Crippen molar-refractivity contribution < 1.29 is 4.74 Å². The number of ether oxygens (including phenoxy) is 1. The number of nitrogens with one attached hydrogen (secondary N) is 1. The lowest BCUT2D eigenvalue weighted by molar-refractivity contribution is 0.348. The maximum atomic E-state index is 5.86. The van der Waals surface area contributed by atoms with Gasteiger partial charge in [-0.2, -0.15) is 0 Å². The van der Waals surface area contributed by atoms with Gasteiger partial charge in [0.2, 0.25) is 0 Å². The Labute approximate surface area is 130 Å². The highest BCUT2D eigenvalue weighted by molar-refractivity contribution is 9.10. The third-order valence-electron chi connectivity index (χ3n) is 4.40. The lowest BCUT2D eigenvalue weighted by Gasteiger charge is -2.19. The molecule has 0 unspecified atom stereocenters. The highest BCUT2D eigenvalue weighted by atomic mass is 79.9. The van der Waals surface area contributed by atoms with Gasteiger partial charge in [0.15, 0.2) is 0 Å². The fraction of sp³-hybridized carbons (Fsp3) is 0.647. The summed E-state index contributed by atoms with van der Waals surface area (Å²) in [7, 11) is 0. The summed E-state index contributed by atoms with van der Waals surface area (Å²) in [5.41, 5.74) is 3.26. The molecule has 2 aliphatic rings. The molecule has 0 spiro atoms. The second-order valence-corrected chi connectivity index (χ2v) is 7.77. The normalized spacial score (nSPS) is 19.0. The fourth-order valence-corrected chi connectivity index (χ4v) is 3.65. The van der Waals surface area contributed by atoms with Crippen molar-refractivity contribution in [2.75, 3.05) is 19.7 Å². The van der Waals surface area contributed by atoms with E-state index < -0.39 is 0 Å². The Morgan fingerprint density at radius 2 is 2.15 bits per heavy atom. The van der Waals surface area contributed by atoms with Crippen molar-refractivity contribution in [1.82, 2.24) is 5.32 Å². The molecule has 0 radical (unpaired) electrons. The monoisotopic (exact) mass is 337 g/mol. The minimum atomic E-state index is 0.482. The van der Waals surface area contributed by atoms with Crippen molar-refractivity contribution in [3.05, 3.63) is 27.7 Å². The smallest absolute Gasteiger partial charge is 0.125 e. The zero-order chi connectivity index (χ0) is 14.2. The highest BCUT2D eigenvalue weighted by Crippen LogP contribution is 2.50. The van der Waals surface area contributed by atoms with Crippen LogP contribution in [0.1, 0.15) is 37.8 Å². The maximum Gasteiger partial charge on any atom is 0.125 e. The van der Waals surface area contributed by atoms with Crippen LogP contribution in [0.25, 0.3) is 0 Å². The van der Waals surface area contributed by atoms with Crippen molar-refractivity contribution in [2.24, 2.45) is 11.3 Å². The summed E-state index contributed by atoms with van der Waals surface area (Å²) in [5.74, 6) is 1.90. The molecule has 1 aromatic rings. The first-order valence-electron chi connectivity index (χ1n) is 7.73. The Hall–Kier alpha value is -0.540. The molecule has 20 heavy (non-hydrogen) atoms. The Balaban J connectivity index is 1.69. The molecule has 110 valence electrons. The fourth-order valence-electron chi connectivity index (χ4n) is 3.10. The second-order valence-electron chi connectivity index (χ2n) is 6.85. The number of fused-ring (bicyclic) bond motifs is 1. The topological polar surface area (TPSA) is 21.3 Å². The van der Waals surface area contributed by atoms with Gasteiger partial charge in [0.1, 0.15) is 5.75 Å². The number of rotatable bonds is 6. The molecule has 3 heteroatoms. The summed E-state index contributed by atoms with van der Waals surface area (Å²) >= 11 is 3.64. The number of hydrogen-bond acceptors (Lipinski definition) is 2. The standard InChI is InChI=1S/C17H24BrNO/c1-12(2)10-19-11-17(4-5-17)9-14-8-15(18)7-13-3-6-20-16(13)14/h7-8,12,19H,3-6,9-11H2,1-2H3. The number of benzene rings is 1. The first kappa shape index (κ1) is 14.4. The van der Waals surface area contributed by atoms with Crippen LogP contribution >= 0.6 is 15.9 Å². The Bertz CT molecular complexity index is 494. The lowest BCUT2D eigenvalue weighted by atomic mass is 9.94. The van der Waals surface area contributed by atoms with Gasteiger partial charge < -0.3 is 10.1 Å². The van der Waals surface area contributed by atoms with E-state index in [1.54, 1.807) is 0 Å². The largest absolute Gasteiger partial charge is 0.493 e.